The van der Waals surface area contributed by atoms with E-state index < -0.39 is 0 Å². The molecule has 0 aliphatic rings. The normalized spacial score (nSPS) is 11.3. The van der Waals surface area contributed by atoms with Crippen LogP contribution in [0.25, 0.3) is 22.4 Å². The number of fused-ring (bicyclic) bond motifs is 1. The Morgan fingerprint density at radius 1 is 0.926 bits per heavy atom. The Morgan fingerprint density at radius 2 is 1.59 bits per heavy atom. The number of allylic oxidation sites excluding steroid dienone is 1. The maximum absolute atomic E-state index is 9.74. The molecule has 0 saturated carbocycles. The van der Waals surface area contributed by atoms with Crippen LogP contribution in [0, 0.1) is 18.3 Å². The van der Waals surface area contributed by atoms with E-state index in [1.54, 1.807) is 0 Å². The Balaban J connectivity index is 2.06. The molecule has 0 aromatic heterocycles. The number of ether oxygens (including phenoxy) is 2. The van der Waals surface area contributed by atoms with Gasteiger partial charge in [-0.25, -0.2) is 0 Å². The first-order valence-electron chi connectivity index (χ1n) is 9.17. The minimum absolute atomic E-state index is 0.558. The Morgan fingerprint density at radius 3 is 2.26 bits per heavy atom. The molecule has 0 spiro atoms. The molecule has 0 amide bonds. The molecule has 0 saturated heterocycles. The van der Waals surface area contributed by atoms with Gasteiger partial charge in [-0.1, -0.05) is 36.4 Å². The smallest absolute Gasteiger partial charge is 0.161 e. The predicted molar refractivity (Wildman–Crippen MR) is 111 cm³/mol. The standard InChI is InChI=1S/C24H23NO2/c1-4-26-23-12-17(3)21(15-24(23)27-5-2)14-22(16-25)20-11-10-18-8-6-7-9-19(18)13-20/h6-15H,4-5H2,1-3H3/b22-14-. The van der Waals surface area contributed by atoms with Crippen molar-refractivity contribution in [3.63, 3.8) is 0 Å². The van der Waals surface area contributed by atoms with Gasteiger partial charge in [-0.05, 0) is 72.5 Å². The van der Waals surface area contributed by atoms with Gasteiger partial charge >= 0.3 is 0 Å². The highest BCUT2D eigenvalue weighted by Crippen LogP contribution is 2.33. The van der Waals surface area contributed by atoms with Crippen molar-refractivity contribution in [1.29, 1.82) is 5.26 Å². The van der Waals surface area contributed by atoms with Crippen molar-refractivity contribution in [2.24, 2.45) is 0 Å². The maximum atomic E-state index is 9.74. The van der Waals surface area contributed by atoms with Gasteiger partial charge in [0, 0.05) is 0 Å². The third-order valence-electron chi connectivity index (χ3n) is 4.41. The van der Waals surface area contributed by atoms with E-state index >= 15 is 0 Å². The lowest BCUT2D eigenvalue weighted by Gasteiger charge is -2.14. The highest BCUT2D eigenvalue weighted by atomic mass is 16.5. The average Bonchev–Trinajstić information content (AvgIpc) is 2.69. The van der Waals surface area contributed by atoms with E-state index in [2.05, 4.69) is 24.3 Å². The van der Waals surface area contributed by atoms with Gasteiger partial charge in [0.05, 0.1) is 24.9 Å². The fourth-order valence-electron chi connectivity index (χ4n) is 3.06. The van der Waals surface area contributed by atoms with Crippen LogP contribution in [0.5, 0.6) is 11.5 Å². The van der Waals surface area contributed by atoms with Crippen molar-refractivity contribution >= 4 is 22.4 Å². The molecule has 3 aromatic rings. The van der Waals surface area contributed by atoms with E-state index in [0.29, 0.717) is 24.5 Å². The zero-order valence-corrected chi connectivity index (χ0v) is 16.0. The first kappa shape index (κ1) is 18.5. The number of rotatable bonds is 6. The van der Waals surface area contributed by atoms with E-state index in [0.717, 1.165) is 33.2 Å². The van der Waals surface area contributed by atoms with E-state index in [4.69, 9.17) is 9.47 Å². The molecule has 3 aromatic carbocycles. The second-order valence-electron chi connectivity index (χ2n) is 6.25. The van der Waals surface area contributed by atoms with Gasteiger partial charge in [-0.15, -0.1) is 0 Å². The Kier molecular flexibility index (Phi) is 5.78. The van der Waals surface area contributed by atoms with Crippen LogP contribution in [0.3, 0.4) is 0 Å². The van der Waals surface area contributed by atoms with Crippen molar-refractivity contribution in [1.82, 2.24) is 0 Å². The molecule has 0 radical (unpaired) electrons. The molecule has 0 fully saturated rings. The lowest BCUT2D eigenvalue weighted by atomic mass is 9.98. The first-order chi connectivity index (χ1) is 13.2. The fourth-order valence-corrected chi connectivity index (χ4v) is 3.06. The van der Waals surface area contributed by atoms with E-state index in [-0.39, 0.29) is 0 Å². The van der Waals surface area contributed by atoms with Gasteiger partial charge in [0.15, 0.2) is 11.5 Å². The maximum Gasteiger partial charge on any atom is 0.161 e. The largest absolute Gasteiger partial charge is 0.490 e. The summed E-state index contributed by atoms with van der Waals surface area (Å²) in [7, 11) is 0. The summed E-state index contributed by atoms with van der Waals surface area (Å²) in [5.41, 5.74) is 3.51. The molecule has 0 bridgehead atoms. The van der Waals surface area contributed by atoms with Crippen molar-refractivity contribution in [2.75, 3.05) is 13.2 Å². The summed E-state index contributed by atoms with van der Waals surface area (Å²) in [5, 5.41) is 12.0. The van der Waals surface area contributed by atoms with Crippen molar-refractivity contribution in [2.45, 2.75) is 20.8 Å². The van der Waals surface area contributed by atoms with Crippen LogP contribution in [0.1, 0.15) is 30.5 Å². The van der Waals surface area contributed by atoms with Crippen LogP contribution in [0.2, 0.25) is 0 Å². The second-order valence-corrected chi connectivity index (χ2v) is 6.25. The lowest BCUT2D eigenvalue weighted by molar-refractivity contribution is 0.287. The zero-order chi connectivity index (χ0) is 19.2. The predicted octanol–water partition coefficient (Wildman–Crippen LogP) is 6.01. The molecule has 0 atom stereocenters. The summed E-state index contributed by atoms with van der Waals surface area (Å²) >= 11 is 0. The SMILES string of the molecule is CCOc1cc(C)c(/C=C(/C#N)c2ccc3ccccc3c2)cc1OCC. The van der Waals surface area contributed by atoms with Gasteiger partial charge in [0.1, 0.15) is 0 Å². The molecule has 0 heterocycles. The van der Waals surface area contributed by atoms with E-state index in [1.165, 1.54) is 0 Å². The number of hydrogen-bond donors (Lipinski definition) is 0. The molecule has 0 N–H and O–H groups in total. The Bertz CT molecular complexity index is 1030. The summed E-state index contributed by atoms with van der Waals surface area (Å²) < 4.78 is 11.4. The number of nitrogens with zero attached hydrogens (tertiary/aromatic N) is 1. The number of aryl methyl sites for hydroxylation is 1. The lowest BCUT2D eigenvalue weighted by Crippen LogP contribution is -2.00. The molecule has 0 unspecified atom stereocenters. The highest BCUT2D eigenvalue weighted by molar-refractivity contribution is 5.94. The number of nitriles is 1. The monoisotopic (exact) mass is 357 g/mol. The molecular formula is C24H23NO2. The summed E-state index contributed by atoms with van der Waals surface area (Å²) in [6, 6.07) is 20.5. The summed E-state index contributed by atoms with van der Waals surface area (Å²) in [4.78, 5) is 0. The van der Waals surface area contributed by atoms with Crippen LogP contribution >= 0.6 is 0 Å². The van der Waals surface area contributed by atoms with Crippen molar-refractivity contribution < 1.29 is 9.47 Å². The summed E-state index contributed by atoms with van der Waals surface area (Å²) in [6.07, 6.45) is 1.91. The number of hydrogen-bond acceptors (Lipinski definition) is 3. The third kappa shape index (κ3) is 4.12. The molecule has 136 valence electrons. The Labute approximate surface area is 160 Å². The van der Waals surface area contributed by atoms with Crippen LogP contribution in [-0.2, 0) is 0 Å². The minimum atomic E-state index is 0.558. The first-order valence-corrected chi connectivity index (χ1v) is 9.17. The zero-order valence-electron chi connectivity index (χ0n) is 16.0. The topological polar surface area (TPSA) is 42.2 Å². The minimum Gasteiger partial charge on any atom is -0.490 e. The van der Waals surface area contributed by atoms with Crippen LogP contribution in [0.15, 0.2) is 54.6 Å². The van der Waals surface area contributed by atoms with Crippen LogP contribution in [-0.4, -0.2) is 13.2 Å². The Hall–Kier alpha value is -3.25. The molecule has 27 heavy (non-hydrogen) atoms. The molecule has 3 nitrogen and oxygen atoms in total. The summed E-state index contributed by atoms with van der Waals surface area (Å²) in [6.45, 7) is 7.05. The van der Waals surface area contributed by atoms with Gasteiger partial charge in [-0.3, -0.25) is 0 Å². The molecular weight excluding hydrogens is 334 g/mol. The summed E-state index contributed by atoms with van der Waals surface area (Å²) in [5.74, 6) is 1.44. The molecule has 0 aliphatic heterocycles. The van der Waals surface area contributed by atoms with Crippen molar-refractivity contribution in [3.05, 3.63) is 71.3 Å². The molecule has 3 heteroatoms. The number of benzene rings is 3. The van der Waals surface area contributed by atoms with E-state index in [9.17, 15) is 5.26 Å². The van der Waals surface area contributed by atoms with Gasteiger partial charge in [0.2, 0.25) is 0 Å². The van der Waals surface area contributed by atoms with Crippen molar-refractivity contribution in [3.8, 4) is 17.6 Å². The van der Waals surface area contributed by atoms with E-state index in [1.807, 2.05) is 63.2 Å². The third-order valence-corrected chi connectivity index (χ3v) is 4.41. The average molecular weight is 357 g/mol. The fraction of sp³-hybridized carbons (Fsp3) is 0.208. The molecule has 0 aliphatic carbocycles. The van der Waals surface area contributed by atoms with Gasteiger partial charge < -0.3 is 9.47 Å². The van der Waals surface area contributed by atoms with Crippen LogP contribution < -0.4 is 9.47 Å². The van der Waals surface area contributed by atoms with Gasteiger partial charge in [0.25, 0.3) is 0 Å². The second kappa shape index (κ2) is 8.42. The van der Waals surface area contributed by atoms with Gasteiger partial charge in [-0.2, -0.15) is 5.26 Å². The highest BCUT2D eigenvalue weighted by Gasteiger charge is 2.10. The molecule has 3 rings (SSSR count). The van der Waals surface area contributed by atoms with Crippen LogP contribution in [0.4, 0.5) is 0 Å². The quantitative estimate of drug-likeness (QED) is 0.401.